The summed E-state index contributed by atoms with van der Waals surface area (Å²) < 4.78 is 28.5. The van der Waals surface area contributed by atoms with Crippen LogP contribution in [0.3, 0.4) is 0 Å². The fourth-order valence-corrected chi connectivity index (χ4v) is 7.83. The van der Waals surface area contributed by atoms with Crippen LogP contribution in [0.2, 0.25) is 0 Å². The second kappa shape index (κ2) is 7.48. The minimum absolute atomic E-state index is 0.00869. The van der Waals surface area contributed by atoms with Crippen molar-refractivity contribution >= 4 is 33.4 Å². The molecule has 0 radical (unpaired) electrons. The number of nitrogens with zero attached hydrogens (tertiary/aromatic N) is 1. The van der Waals surface area contributed by atoms with Gasteiger partial charge in [-0.1, -0.05) is 20.8 Å². The van der Waals surface area contributed by atoms with Crippen molar-refractivity contribution in [1.82, 2.24) is 9.62 Å². The lowest BCUT2D eigenvalue weighted by atomic mass is 9.65. The molecular formula is C25H27N3O5S. The van der Waals surface area contributed by atoms with Crippen LogP contribution < -0.4 is 10.6 Å². The van der Waals surface area contributed by atoms with E-state index >= 15 is 0 Å². The number of nitrogens with one attached hydrogen (secondary N) is 2. The highest BCUT2D eigenvalue weighted by molar-refractivity contribution is 7.89. The van der Waals surface area contributed by atoms with Gasteiger partial charge in [0, 0.05) is 23.8 Å². The normalized spacial score (nSPS) is 25.7. The molecule has 2 unspecified atom stereocenters. The van der Waals surface area contributed by atoms with E-state index < -0.39 is 27.7 Å². The summed E-state index contributed by atoms with van der Waals surface area (Å²) in [7, 11) is -3.68. The van der Waals surface area contributed by atoms with Crippen molar-refractivity contribution in [1.29, 1.82) is 0 Å². The highest BCUT2D eigenvalue weighted by atomic mass is 32.2. The van der Waals surface area contributed by atoms with Crippen molar-refractivity contribution in [2.75, 3.05) is 11.9 Å². The lowest BCUT2D eigenvalue weighted by Gasteiger charge is -2.39. The molecule has 2 aromatic carbocycles. The van der Waals surface area contributed by atoms with E-state index in [1.165, 1.54) is 36.4 Å². The van der Waals surface area contributed by atoms with Crippen LogP contribution >= 0.6 is 0 Å². The monoisotopic (exact) mass is 481 g/mol. The molecule has 2 atom stereocenters. The smallest absolute Gasteiger partial charge is 0.259 e. The first-order chi connectivity index (χ1) is 15.9. The Morgan fingerprint density at radius 2 is 1.68 bits per heavy atom. The third-order valence-electron chi connectivity index (χ3n) is 7.08. The van der Waals surface area contributed by atoms with E-state index in [0.717, 1.165) is 19.3 Å². The number of carbonyl (C=O) groups excluding carboxylic acids is 3. The van der Waals surface area contributed by atoms with Gasteiger partial charge >= 0.3 is 0 Å². The van der Waals surface area contributed by atoms with E-state index in [2.05, 4.69) is 31.4 Å². The van der Waals surface area contributed by atoms with Crippen LogP contribution in [-0.2, 0) is 10.0 Å². The molecule has 3 amide bonds. The van der Waals surface area contributed by atoms with Crippen LogP contribution in [0, 0.1) is 10.8 Å². The zero-order valence-corrected chi connectivity index (χ0v) is 20.2. The van der Waals surface area contributed by atoms with E-state index in [4.69, 9.17) is 0 Å². The molecule has 2 heterocycles. The maximum atomic E-state index is 13.4. The number of carbonyl (C=O) groups is 3. The Balaban J connectivity index is 1.33. The largest absolute Gasteiger partial charge is 0.322 e. The number of amides is 3. The number of hydrogen-bond donors (Lipinski definition) is 2. The molecule has 1 saturated carbocycles. The lowest BCUT2D eigenvalue weighted by molar-refractivity contribution is 0.0878. The summed E-state index contributed by atoms with van der Waals surface area (Å²) in [5.41, 5.74) is 1.21. The lowest BCUT2D eigenvalue weighted by Crippen LogP contribution is -2.37. The number of anilines is 1. The fraction of sp³-hybridized carbons (Fsp3) is 0.400. The summed E-state index contributed by atoms with van der Waals surface area (Å²) in [4.78, 5) is 36.4. The van der Waals surface area contributed by atoms with E-state index in [0.29, 0.717) is 12.2 Å². The molecule has 5 rings (SSSR count). The van der Waals surface area contributed by atoms with Crippen LogP contribution in [0.5, 0.6) is 0 Å². The summed E-state index contributed by atoms with van der Waals surface area (Å²) in [5, 5.41) is 4.90. The van der Waals surface area contributed by atoms with Gasteiger partial charge in [-0.15, -0.1) is 0 Å². The Morgan fingerprint density at radius 3 is 2.38 bits per heavy atom. The predicted octanol–water partition coefficient (Wildman–Crippen LogP) is 3.41. The number of sulfonamides is 1. The molecule has 34 heavy (non-hydrogen) atoms. The maximum absolute atomic E-state index is 13.4. The van der Waals surface area contributed by atoms with Crippen LogP contribution in [0.15, 0.2) is 47.4 Å². The molecule has 1 aliphatic carbocycles. The molecule has 2 N–H and O–H groups in total. The topological polar surface area (TPSA) is 113 Å². The number of fused-ring (bicyclic) bond motifs is 3. The van der Waals surface area contributed by atoms with Crippen LogP contribution in [0.4, 0.5) is 5.69 Å². The highest BCUT2D eigenvalue weighted by Gasteiger charge is 2.53. The van der Waals surface area contributed by atoms with E-state index in [1.807, 2.05) is 0 Å². The summed E-state index contributed by atoms with van der Waals surface area (Å²) in [6, 6.07) is 10.4. The Kier molecular flexibility index (Phi) is 5.00. The van der Waals surface area contributed by atoms with Crippen LogP contribution in [-0.4, -0.2) is 43.0 Å². The zero-order chi connectivity index (χ0) is 24.5. The van der Waals surface area contributed by atoms with Gasteiger partial charge in [0.1, 0.15) is 0 Å². The van der Waals surface area contributed by atoms with Gasteiger partial charge in [-0.3, -0.25) is 19.7 Å². The Bertz CT molecular complexity index is 1330. The van der Waals surface area contributed by atoms with Crippen molar-refractivity contribution in [3.05, 3.63) is 59.2 Å². The van der Waals surface area contributed by atoms with Crippen molar-refractivity contribution in [2.24, 2.45) is 10.8 Å². The average Bonchev–Trinajstić information content (AvgIpc) is 3.18. The minimum atomic E-state index is -3.68. The van der Waals surface area contributed by atoms with Gasteiger partial charge in [0.15, 0.2) is 0 Å². The van der Waals surface area contributed by atoms with E-state index in [-0.39, 0.29) is 38.5 Å². The average molecular weight is 482 g/mol. The van der Waals surface area contributed by atoms with Gasteiger partial charge in [-0.25, -0.2) is 8.42 Å². The van der Waals surface area contributed by atoms with Crippen LogP contribution in [0.1, 0.15) is 71.1 Å². The number of hydrogen-bond acceptors (Lipinski definition) is 5. The van der Waals surface area contributed by atoms with E-state index in [1.54, 1.807) is 10.4 Å². The van der Waals surface area contributed by atoms with Gasteiger partial charge in [-0.05, 0) is 72.6 Å². The highest BCUT2D eigenvalue weighted by Crippen LogP contribution is 2.53. The van der Waals surface area contributed by atoms with Gasteiger partial charge in [0.2, 0.25) is 10.0 Å². The predicted molar refractivity (Wildman–Crippen MR) is 126 cm³/mol. The molecule has 2 bridgehead atoms. The van der Waals surface area contributed by atoms with Crippen molar-refractivity contribution in [2.45, 2.75) is 51.0 Å². The Morgan fingerprint density at radius 1 is 1.00 bits per heavy atom. The fourth-order valence-electron chi connectivity index (χ4n) is 6.05. The molecule has 2 aliphatic heterocycles. The summed E-state index contributed by atoms with van der Waals surface area (Å²) in [6.45, 7) is 7.08. The first-order valence-corrected chi connectivity index (χ1v) is 12.7. The quantitative estimate of drug-likeness (QED) is 0.650. The maximum Gasteiger partial charge on any atom is 0.259 e. The third kappa shape index (κ3) is 3.82. The first kappa shape index (κ1) is 22.7. The van der Waals surface area contributed by atoms with Gasteiger partial charge in [0.05, 0.1) is 16.0 Å². The van der Waals surface area contributed by atoms with Gasteiger partial charge < -0.3 is 5.32 Å². The molecule has 3 aliphatic rings. The summed E-state index contributed by atoms with van der Waals surface area (Å²) >= 11 is 0. The van der Waals surface area contributed by atoms with Crippen molar-refractivity contribution in [3.8, 4) is 0 Å². The van der Waals surface area contributed by atoms with Crippen LogP contribution in [0.25, 0.3) is 0 Å². The van der Waals surface area contributed by atoms with Crippen molar-refractivity contribution in [3.63, 3.8) is 0 Å². The van der Waals surface area contributed by atoms with Crippen molar-refractivity contribution < 1.29 is 22.8 Å². The number of imide groups is 1. The molecule has 2 fully saturated rings. The van der Waals surface area contributed by atoms with Gasteiger partial charge in [-0.2, -0.15) is 4.31 Å². The molecule has 0 aromatic heterocycles. The zero-order valence-electron chi connectivity index (χ0n) is 19.3. The Labute approximate surface area is 198 Å². The third-order valence-corrected chi connectivity index (χ3v) is 9.00. The molecular weight excluding hydrogens is 454 g/mol. The Hall–Kier alpha value is -3.04. The van der Waals surface area contributed by atoms with E-state index in [9.17, 15) is 22.8 Å². The standard InChI is InChI=1S/C25H27N3O5S/c1-24(2)11-17-12-25(3,13-24)14-28(17)34(32,33)18-7-4-15(5-8-18)21(29)26-16-6-9-19-20(10-16)23(31)27-22(19)30/h4-10,17H,11-14H2,1-3H3,(H,26,29)(H,27,30,31). The summed E-state index contributed by atoms with van der Waals surface area (Å²) in [6.07, 6.45) is 2.72. The number of rotatable bonds is 4. The van der Waals surface area contributed by atoms with Gasteiger partial charge in [0.25, 0.3) is 17.7 Å². The molecule has 8 nitrogen and oxygen atoms in total. The molecule has 178 valence electrons. The molecule has 2 aromatic rings. The first-order valence-electron chi connectivity index (χ1n) is 11.3. The molecule has 0 spiro atoms. The second-order valence-electron chi connectivity index (χ2n) is 10.8. The SMILES string of the molecule is CC1(C)CC2CC(C)(CN2S(=O)(=O)c2ccc(C(=O)Nc3ccc4c(c3)C(=O)NC4=O)cc2)C1. The molecule has 1 saturated heterocycles. The second-order valence-corrected chi connectivity index (χ2v) is 12.7. The summed E-state index contributed by atoms with van der Waals surface area (Å²) in [5.74, 6) is -1.41. The number of benzene rings is 2. The molecule has 9 heteroatoms. The minimum Gasteiger partial charge on any atom is -0.322 e.